The van der Waals surface area contributed by atoms with Crippen LogP contribution in [0.2, 0.25) is 0 Å². The topological polar surface area (TPSA) is 117 Å². The Kier molecular flexibility index (Phi) is 8.30. The zero-order valence-corrected chi connectivity index (χ0v) is 18.6. The molecule has 1 atom stereocenters. The van der Waals surface area contributed by atoms with Crippen molar-refractivity contribution < 1.29 is 23.9 Å². The van der Waals surface area contributed by atoms with Crippen LogP contribution in [0.15, 0.2) is 23.0 Å². The Hall–Kier alpha value is -3.23. The van der Waals surface area contributed by atoms with E-state index in [0.29, 0.717) is 23.1 Å². The van der Waals surface area contributed by atoms with Gasteiger partial charge in [0.05, 0.1) is 30.3 Å². The molecule has 1 amide bonds. The Labute approximate surface area is 180 Å². The molecule has 0 saturated carbocycles. The molecule has 1 heterocycles. The van der Waals surface area contributed by atoms with Gasteiger partial charge in [0.1, 0.15) is 11.7 Å². The van der Waals surface area contributed by atoms with Gasteiger partial charge in [0, 0.05) is 19.4 Å². The zero-order valence-electron chi connectivity index (χ0n) is 18.6. The lowest BCUT2D eigenvalue weighted by molar-refractivity contribution is -0.146. The first-order valence-electron chi connectivity index (χ1n) is 10.3. The summed E-state index contributed by atoms with van der Waals surface area (Å²) in [5, 5.41) is 2.65. The highest BCUT2D eigenvalue weighted by Gasteiger charge is 2.25. The number of carbonyl (C=O) groups excluding carboxylic acids is 3. The van der Waals surface area contributed by atoms with E-state index in [1.807, 2.05) is 6.92 Å². The maximum Gasteiger partial charge on any atom is 0.338 e. The highest BCUT2D eigenvalue weighted by Crippen LogP contribution is 2.15. The Morgan fingerprint density at radius 2 is 1.90 bits per heavy atom. The van der Waals surface area contributed by atoms with Crippen molar-refractivity contribution in [2.45, 2.75) is 53.1 Å². The van der Waals surface area contributed by atoms with E-state index in [1.165, 1.54) is 11.7 Å². The van der Waals surface area contributed by atoms with E-state index >= 15 is 0 Å². The van der Waals surface area contributed by atoms with Gasteiger partial charge in [-0.15, -0.1) is 0 Å². The summed E-state index contributed by atoms with van der Waals surface area (Å²) >= 11 is 0. The highest BCUT2D eigenvalue weighted by atomic mass is 16.5. The first-order valence-corrected chi connectivity index (χ1v) is 10.3. The van der Waals surface area contributed by atoms with Crippen molar-refractivity contribution in [1.29, 1.82) is 0 Å². The Balaban J connectivity index is 2.26. The summed E-state index contributed by atoms with van der Waals surface area (Å²) in [4.78, 5) is 53.5. The van der Waals surface area contributed by atoms with Gasteiger partial charge in [0.25, 0.3) is 5.56 Å². The molecule has 2 aromatic rings. The van der Waals surface area contributed by atoms with Crippen LogP contribution >= 0.6 is 0 Å². The average Bonchev–Trinajstić information content (AvgIpc) is 2.75. The molecule has 1 N–H and O–H groups in total. The molecular weight excluding hydrogens is 402 g/mol. The van der Waals surface area contributed by atoms with Crippen molar-refractivity contribution in [1.82, 2.24) is 14.9 Å². The number of rotatable bonds is 9. The van der Waals surface area contributed by atoms with Crippen molar-refractivity contribution in [3.63, 3.8) is 0 Å². The standard InChI is InChI=1S/C22H29N3O6/c1-6-25-17-12-14(21(28)31-7-2)8-9-15(17)23-16(20(25)27)10-11-18(26)24-19(13(3)4)22(29)30-5/h8-9,12-13,19H,6-7,10-11H2,1-5H3,(H,24,26). The fourth-order valence-corrected chi connectivity index (χ4v) is 3.21. The molecule has 1 unspecified atom stereocenters. The van der Waals surface area contributed by atoms with Crippen molar-refractivity contribution in [2.24, 2.45) is 5.92 Å². The Morgan fingerprint density at radius 1 is 1.19 bits per heavy atom. The number of methoxy groups -OCH3 is 1. The van der Waals surface area contributed by atoms with Crippen LogP contribution in [0.25, 0.3) is 11.0 Å². The molecule has 2 rings (SSSR count). The molecule has 0 aliphatic rings. The van der Waals surface area contributed by atoms with Crippen molar-refractivity contribution in [3.05, 3.63) is 39.8 Å². The van der Waals surface area contributed by atoms with Crippen LogP contribution in [-0.4, -0.2) is 47.2 Å². The summed E-state index contributed by atoms with van der Waals surface area (Å²) in [5.41, 5.74) is 1.33. The van der Waals surface area contributed by atoms with Crippen LogP contribution in [0.4, 0.5) is 0 Å². The first-order chi connectivity index (χ1) is 14.7. The molecule has 0 aliphatic carbocycles. The van der Waals surface area contributed by atoms with Gasteiger partial charge in [0.2, 0.25) is 5.91 Å². The van der Waals surface area contributed by atoms with E-state index in [4.69, 9.17) is 9.47 Å². The molecule has 0 bridgehead atoms. The summed E-state index contributed by atoms with van der Waals surface area (Å²) in [6.45, 7) is 7.78. The lowest BCUT2D eigenvalue weighted by Crippen LogP contribution is -2.45. The monoisotopic (exact) mass is 431 g/mol. The molecular formula is C22H29N3O6. The second-order valence-corrected chi connectivity index (χ2v) is 7.34. The number of nitrogens with zero attached hydrogens (tertiary/aromatic N) is 2. The van der Waals surface area contributed by atoms with Crippen LogP contribution in [0, 0.1) is 5.92 Å². The number of esters is 2. The number of hydrogen-bond acceptors (Lipinski definition) is 7. The van der Waals surface area contributed by atoms with Crippen LogP contribution in [0.5, 0.6) is 0 Å². The minimum absolute atomic E-state index is 0.00140. The largest absolute Gasteiger partial charge is 0.467 e. The smallest absolute Gasteiger partial charge is 0.338 e. The Morgan fingerprint density at radius 3 is 2.48 bits per heavy atom. The second kappa shape index (κ2) is 10.7. The summed E-state index contributed by atoms with van der Waals surface area (Å²) in [6.07, 6.45) is 0.116. The normalized spacial score (nSPS) is 11.9. The maximum atomic E-state index is 12.9. The van der Waals surface area contributed by atoms with Gasteiger partial charge >= 0.3 is 11.9 Å². The van der Waals surface area contributed by atoms with Gasteiger partial charge < -0.3 is 19.4 Å². The summed E-state index contributed by atoms with van der Waals surface area (Å²) in [7, 11) is 1.27. The minimum atomic E-state index is -0.754. The van der Waals surface area contributed by atoms with Gasteiger partial charge in [-0.3, -0.25) is 9.59 Å². The van der Waals surface area contributed by atoms with Crippen molar-refractivity contribution in [3.8, 4) is 0 Å². The number of benzene rings is 1. The van der Waals surface area contributed by atoms with Crippen molar-refractivity contribution in [2.75, 3.05) is 13.7 Å². The lowest BCUT2D eigenvalue weighted by atomic mass is 10.0. The molecule has 31 heavy (non-hydrogen) atoms. The van der Waals surface area contributed by atoms with Crippen LogP contribution in [-0.2, 0) is 32.0 Å². The average molecular weight is 431 g/mol. The molecule has 0 fully saturated rings. The van der Waals surface area contributed by atoms with Gasteiger partial charge in [-0.05, 0) is 38.0 Å². The van der Waals surface area contributed by atoms with E-state index in [2.05, 4.69) is 10.3 Å². The summed E-state index contributed by atoms with van der Waals surface area (Å²) in [5.74, 6) is -1.49. The fraction of sp³-hybridized carbons (Fsp3) is 0.500. The van der Waals surface area contributed by atoms with Crippen LogP contribution in [0.3, 0.4) is 0 Å². The van der Waals surface area contributed by atoms with Gasteiger partial charge in [0.15, 0.2) is 0 Å². The minimum Gasteiger partial charge on any atom is -0.467 e. The molecule has 168 valence electrons. The number of nitrogens with one attached hydrogen (secondary N) is 1. The molecule has 1 aromatic carbocycles. The Bertz CT molecular complexity index is 1030. The van der Waals surface area contributed by atoms with E-state index < -0.39 is 18.0 Å². The second-order valence-electron chi connectivity index (χ2n) is 7.34. The molecule has 9 heteroatoms. The SMILES string of the molecule is CCOC(=O)c1ccc2nc(CCC(=O)NC(C(=O)OC)C(C)C)c(=O)n(CC)c2c1. The number of fused-ring (bicyclic) bond motifs is 1. The van der Waals surface area contributed by atoms with Crippen molar-refractivity contribution >= 4 is 28.9 Å². The fourth-order valence-electron chi connectivity index (χ4n) is 3.21. The van der Waals surface area contributed by atoms with Gasteiger partial charge in [-0.25, -0.2) is 14.6 Å². The highest BCUT2D eigenvalue weighted by molar-refractivity contribution is 5.93. The number of aromatic nitrogens is 2. The quantitative estimate of drug-likeness (QED) is 0.602. The zero-order chi connectivity index (χ0) is 23.1. The van der Waals surface area contributed by atoms with Crippen LogP contribution in [0.1, 0.15) is 50.2 Å². The van der Waals surface area contributed by atoms with E-state index in [0.717, 1.165) is 0 Å². The molecule has 0 radical (unpaired) electrons. The molecule has 0 saturated heterocycles. The van der Waals surface area contributed by atoms with Gasteiger partial charge in [-0.1, -0.05) is 13.8 Å². The summed E-state index contributed by atoms with van der Waals surface area (Å²) < 4.78 is 11.3. The number of ether oxygens (including phenoxy) is 2. The molecule has 9 nitrogen and oxygen atoms in total. The maximum absolute atomic E-state index is 12.9. The van der Waals surface area contributed by atoms with Gasteiger partial charge in [-0.2, -0.15) is 0 Å². The van der Waals surface area contributed by atoms with E-state index in [-0.39, 0.29) is 42.5 Å². The predicted molar refractivity (Wildman–Crippen MR) is 115 cm³/mol. The third-order valence-electron chi connectivity index (χ3n) is 4.87. The molecule has 1 aromatic heterocycles. The molecule has 0 spiro atoms. The van der Waals surface area contributed by atoms with E-state index in [9.17, 15) is 19.2 Å². The predicted octanol–water partition coefficient (Wildman–Crippen LogP) is 1.84. The lowest BCUT2D eigenvalue weighted by Gasteiger charge is -2.19. The number of amides is 1. The molecule has 0 aliphatic heterocycles. The first kappa shape index (κ1) is 24.0. The third kappa shape index (κ3) is 5.68. The number of aryl methyl sites for hydroxylation is 2. The summed E-state index contributed by atoms with van der Waals surface area (Å²) in [6, 6.07) is 4.09. The number of carbonyl (C=O) groups is 3. The third-order valence-corrected chi connectivity index (χ3v) is 4.87. The number of hydrogen-bond donors (Lipinski definition) is 1. The van der Waals surface area contributed by atoms with E-state index in [1.54, 1.807) is 39.0 Å². The van der Waals surface area contributed by atoms with Crippen LogP contribution < -0.4 is 10.9 Å².